The highest BCUT2D eigenvalue weighted by atomic mass is 35.5. The first-order valence-corrected chi connectivity index (χ1v) is 6.94. The van der Waals surface area contributed by atoms with Gasteiger partial charge in [0.2, 0.25) is 0 Å². The van der Waals surface area contributed by atoms with Crippen LogP contribution in [0.25, 0.3) is 0 Å². The van der Waals surface area contributed by atoms with Crippen LogP contribution >= 0.6 is 11.6 Å². The van der Waals surface area contributed by atoms with Crippen molar-refractivity contribution in [3.63, 3.8) is 0 Å². The van der Waals surface area contributed by atoms with Crippen molar-refractivity contribution in [2.24, 2.45) is 0 Å². The van der Waals surface area contributed by atoms with Crippen LogP contribution in [-0.2, 0) is 0 Å². The normalized spacial score (nSPS) is 13.5. The Labute approximate surface area is 127 Å². The van der Waals surface area contributed by atoms with E-state index >= 15 is 0 Å². The molecule has 0 spiro atoms. The van der Waals surface area contributed by atoms with Crippen molar-refractivity contribution < 1.29 is 14.3 Å². The van der Waals surface area contributed by atoms with Crippen molar-refractivity contribution in [3.05, 3.63) is 59.0 Å². The van der Waals surface area contributed by atoms with Gasteiger partial charge < -0.3 is 20.2 Å². The van der Waals surface area contributed by atoms with E-state index in [-0.39, 0.29) is 18.7 Å². The molecule has 0 saturated carbocycles. The number of nitrogens with one attached hydrogen (secondary N) is 2. The fraction of sp³-hybridized carbons (Fsp3) is 0.267. The van der Waals surface area contributed by atoms with E-state index in [0.717, 1.165) is 5.56 Å². The van der Waals surface area contributed by atoms with Gasteiger partial charge in [0.05, 0.1) is 25.0 Å². The fourth-order valence-electron chi connectivity index (χ4n) is 1.93. The van der Waals surface area contributed by atoms with Gasteiger partial charge in [0.15, 0.2) is 0 Å². The Kier molecular flexibility index (Phi) is 5.25. The van der Waals surface area contributed by atoms with Gasteiger partial charge in [-0.25, -0.2) is 4.79 Å². The molecule has 1 heterocycles. The number of rotatable bonds is 5. The van der Waals surface area contributed by atoms with E-state index in [4.69, 9.17) is 16.0 Å². The SMILES string of the molecule is CC(NC(=O)NC(CO)c1ccc(Cl)cc1)c1ccco1. The molecule has 5 nitrogen and oxygen atoms in total. The molecule has 112 valence electrons. The molecular weight excluding hydrogens is 292 g/mol. The quantitative estimate of drug-likeness (QED) is 0.795. The minimum Gasteiger partial charge on any atom is -0.467 e. The Morgan fingerprint density at radius 2 is 2.00 bits per heavy atom. The highest BCUT2D eigenvalue weighted by Gasteiger charge is 2.16. The standard InChI is InChI=1S/C15H17ClN2O3/c1-10(14-3-2-8-21-14)17-15(20)18-13(9-19)11-4-6-12(16)7-5-11/h2-8,10,13,19H,9H2,1H3,(H2,17,18,20). The zero-order chi connectivity index (χ0) is 15.2. The minimum atomic E-state index is -0.494. The zero-order valence-electron chi connectivity index (χ0n) is 11.5. The lowest BCUT2D eigenvalue weighted by Crippen LogP contribution is -2.40. The molecule has 6 heteroatoms. The van der Waals surface area contributed by atoms with Crippen LogP contribution in [0.15, 0.2) is 47.1 Å². The van der Waals surface area contributed by atoms with E-state index in [1.165, 1.54) is 0 Å². The number of urea groups is 1. The first-order valence-electron chi connectivity index (χ1n) is 6.57. The van der Waals surface area contributed by atoms with E-state index < -0.39 is 6.04 Å². The Morgan fingerprint density at radius 1 is 1.29 bits per heavy atom. The molecule has 1 aromatic heterocycles. The fourth-order valence-corrected chi connectivity index (χ4v) is 2.06. The third kappa shape index (κ3) is 4.24. The summed E-state index contributed by atoms with van der Waals surface area (Å²) in [6, 6.07) is 9.36. The van der Waals surface area contributed by atoms with Gasteiger partial charge in [0, 0.05) is 5.02 Å². The van der Waals surface area contributed by atoms with Gasteiger partial charge in [-0.1, -0.05) is 23.7 Å². The average molecular weight is 309 g/mol. The van der Waals surface area contributed by atoms with Crippen molar-refractivity contribution in [1.29, 1.82) is 0 Å². The summed E-state index contributed by atoms with van der Waals surface area (Å²) in [5.41, 5.74) is 0.780. The maximum absolute atomic E-state index is 12.0. The molecule has 1 aromatic carbocycles. The number of carbonyl (C=O) groups is 1. The molecule has 21 heavy (non-hydrogen) atoms. The van der Waals surface area contributed by atoms with Crippen LogP contribution in [0.5, 0.6) is 0 Å². The number of aliphatic hydroxyl groups is 1. The summed E-state index contributed by atoms with van der Waals surface area (Å²) in [6.45, 7) is 1.61. The van der Waals surface area contributed by atoms with E-state index in [1.54, 1.807) is 42.7 Å². The smallest absolute Gasteiger partial charge is 0.315 e. The van der Waals surface area contributed by atoms with Crippen molar-refractivity contribution in [1.82, 2.24) is 10.6 Å². The van der Waals surface area contributed by atoms with Crippen LogP contribution in [0.2, 0.25) is 5.02 Å². The van der Waals surface area contributed by atoms with Gasteiger partial charge in [0.25, 0.3) is 0 Å². The Bertz CT molecular complexity index is 569. The molecule has 3 N–H and O–H groups in total. The minimum absolute atomic E-state index is 0.204. The Balaban J connectivity index is 1.95. The number of benzene rings is 1. The van der Waals surface area contributed by atoms with E-state index in [0.29, 0.717) is 10.8 Å². The molecule has 2 unspecified atom stereocenters. The second kappa shape index (κ2) is 7.15. The predicted molar refractivity (Wildman–Crippen MR) is 80.1 cm³/mol. The number of aliphatic hydroxyl groups excluding tert-OH is 1. The summed E-state index contributed by atoms with van der Waals surface area (Å²) in [7, 11) is 0. The topological polar surface area (TPSA) is 74.5 Å². The van der Waals surface area contributed by atoms with Crippen molar-refractivity contribution in [2.75, 3.05) is 6.61 Å². The summed E-state index contributed by atoms with van der Waals surface area (Å²) in [4.78, 5) is 12.0. The summed E-state index contributed by atoms with van der Waals surface area (Å²) in [5.74, 6) is 0.664. The Morgan fingerprint density at radius 3 is 2.57 bits per heavy atom. The molecule has 2 rings (SSSR count). The second-order valence-corrected chi connectivity index (χ2v) is 5.08. The number of carbonyl (C=O) groups excluding carboxylic acids is 1. The molecule has 0 radical (unpaired) electrons. The first kappa shape index (κ1) is 15.4. The monoisotopic (exact) mass is 308 g/mol. The van der Waals surface area contributed by atoms with Crippen LogP contribution in [0.3, 0.4) is 0 Å². The maximum Gasteiger partial charge on any atom is 0.315 e. The van der Waals surface area contributed by atoms with Crippen LogP contribution in [0, 0.1) is 0 Å². The largest absolute Gasteiger partial charge is 0.467 e. The lowest BCUT2D eigenvalue weighted by molar-refractivity contribution is 0.213. The number of furan rings is 1. The second-order valence-electron chi connectivity index (χ2n) is 4.64. The molecule has 2 aromatic rings. The molecular formula is C15H17ClN2O3. The summed E-state index contributed by atoms with van der Waals surface area (Å²) in [6.07, 6.45) is 1.55. The number of hydrogen-bond acceptors (Lipinski definition) is 3. The van der Waals surface area contributed by atoms with E-state index in [1.807, 2.05) is 6.92 Å². The molecule has 0 saturated heterocycles. The highest BCUT2D eigenvalue weighted by molar-refractivity contribution is 6.30. The Hall–Kier alpha value is -1.98. The summed E-state index contributed by atoms with van der Waals surface area (Å²) >= 11 is 5.82. The van der Waals surface area contributed by atoms with Gasteiger partial charge in [-0.05, 0) is 36.8 Å². The van der Waals surface area contributed by atoms with Gasteiger partial charge in [-0.15, -0.1) is 0 Å². The lowest BCUT2D eigenvalue weighted by Gasteiger charge is -2.19. The van der Waals surface area contributed by atoms with Crippen molar-refractivity contribution >= 4 is 17.6 Å². The number of amides is 2. The van der Waals surface area contributed by atoms with Crippen molar-refractivity contribution in [2.45, 2.75) is 19.0 Å². The molecule has 0 aliphatic heterocycles. The van der Waals surface area contributed by atoms with E-state index in [9.17, 15) is 9.90 Å². The number of hydrogen-bond donors (Lipinski definition) is 3. The van der Waals surface area contributed by atoms with Gasteiger partial charge in [-0.2, -0.15) is 0 Å². The number of halogens is 1. The first-order chi connectivity index (χ1) is 10.1. The molecule has 0 aliphatic carbocycles. The maximum atomic E-state index is 12.0. The molecule has 2 atom stereocenters. The van der Waals surface area contributed by atoms with Crippen LogP contribution in [0.4, 0.5) is 4.79 Å². The molecule has 0 bridgehead atoms. The third-order valence-corrected chi connectivity index (χ3v) is 3.33. The third-order valence-electron chi connectivity index (χ3n) is 3.08. The zero-order valence-corrected chi connectivity index (χ0v) is 12.3. The molecule has 2 amide bonds. The summed E-state index contributed by atoms with van der Waals surface area (Å²) in [5, 5.41) is 15.5. The van der Waals surface area contributed by atoms with Gasteiger partial charge in [-0.3, -0.25) is 0 Å². The average Bonchev–Trinajstić information content (AvgIpc) is 3.00. The van der Waals surface area contributed by atoms with Gasteiger partial charge >= 0.3 is 6.03 Å². The van der Waals surface area contributed by atoms with Crippen molar-refractivity contribution in [3.8, 4) is 0 Å². The van der Waals surface area contributed by atoms with Crippen LogP contribution in [0.1, 0.15) is 30.3 Å². The van der Waals surface area contributed by atoms with Crippen LogP contribution in [-0.4, -0.2) is 17.7 Å². The molecule has 0 fully saturated rings. The van der Waals surface area contributed by atoms with E-state index in [2.05, 4.69) is 10.6 Å². The lowest BCUT2D eigenvalue weighted by atomic mass is 10.1. The highest BCUT2D eigenvalue weighted by Crippen LogP contribution is 2.17. The van der Waals surface area contributed by atoms with Gasteiger partial charge in [0.1, 0.15) is 5.76 Å². The molecule has 0 aliphatic rings. The summed E-state index contributed by atoms with van der Waals surface area (Å²) < 4.78 is 5.22. The predicted octanol–water partition coefficient (Wildman–Crippen LogP) is 3.03. The van der Waals surface area contributed by atoms with Crippen LogP contribution < -0.4 is 10.6 Å².